The molecule has 0 saturated carbocycles. The van der Waals surface area contributed by atoms with E-state index in [1.54, 1.807) is 6.08 Å². The molecule has 1 unspecified atom stereocenters. The first kappa shape index (κ1) is 10.1. The van der Waals surface area contributed by atoms with Crippen LogP contribution in [0.2, 0.25) is 0 Å². The van der Waals surface area contributed by atoms with Gasteiger partial charge in [0.1, 0.15) is 0 Å². The van der Waals surface area contributed by atoms with Gasteiger partial charge in [0.2, 0.25) is 0 Å². The molecule has 0 heterocycles. The second-order valence-electron chi connectivity index (χ2n) is 4.09. The van der Waals surface area contributed by atoms with Crippen molar-refractivity contribution in [2.45, 2.75) is 25.9 Å². The molecule has 0 saturated heterocycles. The number of ketones is 1. The summed E-state index contributed by atoms with van der Waals surface area (Å²) >= 11 is 0. The predicted molar refractivity (Wildman–Crippen MR) is 58.8 cm³/mol. The molecule has 0 spiro atoms. The quantitative estimate of drug-likeness (QED) is 0.755. The predicted octanol–water partition coefficient (Wildman–Crippen LogP) is 1.89. The molecule has 0 amide bonds. The van der Waals surface area contributed by atoms with E-state index in [1.807, 2.05) is 32.0 Å². The second kappa shape index (κ2) is 3.63. The van der Waals surface area contributed by atoms with Crippen LogP contribution in [-0.4, -0.2) is 17.0 Å². The molecule has 2 rings (SSSR count). The first-order valence-electron chi connectivity index (χ1n) is 5.07. The number of benzene rings is 1. The van der Waals surface area contributed by atoms with Gasteiger partial charge in [-0.2, -0.15) is 0 Å². The van der Waals surface area contributed by atoms with Gasteiger partial charge >= 0.3 is 0 Å². The summed E-state index contributed by atoms with van der Waals surface area (Å²) in [5, 5.41) is 9.70. The molecule has 0 fully saturated rings. The van der Waals surface area contributed by atoms with E-state index >= 15 is 0 Å². The van der Waals surface area contributed by atoms with Crippen molar-refractivity contribution in [1.29, 1.82) is 0 Å². The SMILES string of the molecule is Cc1ccc(C2C(=O)C=C[C@@H]2O)c(C)c1. The Labute approximate surface area is 89.2 Å². The molecular weight excluding hydrogens is 188 g/mol. The fraction of sp³-hybridized carbons (Fsp3) is 0.308. The highest BCUT2D eigenvalue weighted by molar-refractivity contribution is 5.99. The van der Waals surface area contributed by atoms with E-state index in [-0.39, 0.29) is 5.78 Å². The monoisotopic (exact) mass is 202 g/mol. The molecule has 1 aromatic carbocycles. The van der Waals surface area contributed by atoms with Crippen LogP contribution in [0.5, 0.6) is 0 Å². The number of aliphatic hydroxyl groups is 1. The van der Waals surface area contributed by atoms with Crippen LogP contribution in [0.15, 0.2) is 30.4 Å². The normalized spacial score (nSPS) is 24.9. The number of hydrogen-bond acceptors (Lipinski definition) is 2. The molecule has 2 atom stereocenters. The van der Waals surface area contributed by atoms with Gasteiger partial charge in [-0.25, -0.2) is 0 Å². The van der Waals surface area contributed by atoms with Crippen LogP contribution >= 0.6 is 0 Å². The smallest absolute Gasteiger partial charge is 0.165 e. The molecule has 1 N–H and O–H groups in total. The zero-order valence-electron chi connectivity index (χ0n) is 8.90. The minimum atomic E-state index is -0.668. The van der Waals surface area contributed by atoms with Crippen LogP contribution in [0.25, 0.3) is 0 Å². The third kappa shape index (κ3) is 1.73. The van der Waals surface area contributed by atoms with Gasteiger partial charge in [-0.1, -0.05) is 29.8 Å². The van der Waals surface area contributed by atoms with Crippen LogP contribution in [0.4, 0.5) is 0 Å². The van der Waals surface area contributed by atoms with Gasteiger partial charge in [0.15, 0.2) is 5.78 Å². The van der Waals surface area contributed by atoms with Crippen LogP contribution in [0.1, 0.15) is 22.6 Å². The van der Waals surface area contributed by atoms with E-state index < -0.39 is 12.0 Å². The third-order valence-electron chi connectivity index (χ3n) is 2.87. The zero-order valence-corrected chi connectivity index (χ0v) is 8.90. The molecule has 15 heavy (non-hydrogen) atoms. The molecule has 1 aliphatic rings. The Bertz CT molecular complexity index is 432. The molecule has 2 nitrogen and oxygen atoms in total. The summed E-state index contributed by atoms with van der Waals surface area (Å²) < 4.78 is 0. The molecule has 0 bridgehead atoms. The number of carbonyl (C=O) groups excluding carboxylic acids is 1. The van der Waals surface area contributed by atoms with E-state index in [2.05, 4.69) is 0 Å². The number of aliphatic hydroxyl groups excluding tert-OH is 1. The largest absolute Gasteiger partial charge is 0.388 e. The maximum atomic E-state index is 11.6. The lowest BCUT2D eigenvalue weighted by Gasteiger charge is -2.16. The minimum Gasteiger partial charge on any atom is -0.388 e. The number of allylic oxidation sites excluding steroid dienone is 1. The number of aryl methyl sites for hydroxylation is 2. The molecule has 0 radical (unpaired) electrons. The maximum Gasteiger partial charge on any atom is 0.165 e. The van der Waals surface area contributed by atoms with Gasteiger partial charge in [0.05, 0.1) is 12.0 Å². The number of rotatable bonds is 1. The Kier molecular flexibility index (Phi) is 2.45. The number of carbonyl (C=O) groups is 1. The molecule has 1 aliphatic carbocycles. The standard InChI is InChI=1S/C13H14O2/c1-8-3-4-10(9(2)7-8)13-11(14)5-6-12(13)15/h3-7,11,13-14H,1-2H3/t11-,13?/m0/s1. The van der Waals surface area contributed by atoms with Crippen molar-refractivity contribution >= 4 is 5.78 Å². The van der Waals surface area contributed by atoms with Gasteiger partial charge < -0.3 is 5.11 Å². The molecule has 2 heteroatoms. The van der Waals surface area contributed by atoms with Crippen molar-refractivity contribution in [1.82, 2.24) is 0 Å². The summed E-state index contributed by atoms with van der Waals surface area (Å²) in [5.74, 6) is -0.403. The first-order chi connectivity index (χ1) is 7.09. The molecule has 0 aliphatic heterocycles. The van der Waals surface area contributed by atoms with Crippen molar-refractivity contribution in [3.63, 3.8) is 0 Å². The average Bonchev–Trinajstić information content (AvgIpc) is 2.48. The Morgan fingerprint density at radius 1 is 1.27 bits per heavy atom. The van der Waals surface area contributed by atoms with Crippen LogP contribution in [-0.2, 0) is 4.79 Å². The van der Waals surface area contributed by atoms with E-state index in [4.69, 9.17) is 0 Å². The molecule has 0 aromatic heterocycles. The summed E-state index contributed by atoms with van der Waals surface area (Å²) in [6.07, 6.45) is 2.36. The summed E-state index contributed by atoms with van der Waals surface area (Å²) in [5.41, 5.74) is 3.17. The summed E-state index contributed by atoms with van der Waals surface area (Å²) in [7, 11) is 0. The Morgan fingerprint density at radius 2 is 2.00 bits per heavy atom. The summed E-state index contributed by atoms with van der Waals surface area (Å²) in [6, 6.07) is 5.94. The van der Waals surface area contributed by atoms with Gasteiger partial charge in [-0.3, -0.25) is 4.79 Å². The van der Waals surface area contributed by atoms with Gasteiger partial charge in [0, 0.05) is 0 Å². The van der Waals surface area contributed by atoms with Crippen molar-refractivity contribution in [2.75, 3.05) is 0 Å². The van der Waals surface area contributed by atoms with Crippen molar-refractivity contribution in [3.8, 4) is 0 Å². The lowest BCUT2D eigenvalue weighted by molar-refractivity contribution is -0.116. The van der Waals surface area contributed by atoms with Crippen LogP contribution in [0, 0.1) is 13.8 Å². The topological polar surface area (TPSA) is 37.3 Å². The highest BCUT2D eigenvalue weighted by atomic mass is 16.3. The van der Waals surface area contributed by atoms with E-state index in [0.29, 0.717) is 0 Å². The van der Waals surface area contributed by atoms with Gasteiger partial charge in [-0.05, 0) is 31.1 Å². The fourth-order valence-electron chi connectivity index (χ4n) is 2.09. The molecular formula is C13H14O2. The fourth-order valence-corrected chi connectivity index (χ4v) is 2.09. The number of hydrogen-bond donors (Lipinski definition) is 1. The zero-order chi connectivity index (χ0) is 11.0. The Hall–Kier alpha value is -1.41. The summed E-state index contributed by atoms with van der Waals surface area (Å²) in [6.45, 7) is 3.99. The van der Waals surface area contributed by atoms with Crippen molar-refractivity contribution in [3.05, 3.63) is 47.0 Å². The lowest BCUT2D eigenvalue weighted by atomic mass is 9.90. The Balaban J connectivity index is 2.42. The molecule has 78 valence electrons. The highest BCUT2D eigenvalue weighted by Gasteiger charge is 2.30. The van der Waals surface area contributed by atoms with Crippen LogP contribution in [0.3, 0.4) is 0 Å². The Morgan fingerprint density at radius 3 is 2.53 bits per heavy atom. The van der Waals surface area contributed by atoms with Crippen molar-refractivity contribution in [2.24, 2.45) is 0 Å². The maximum absolute atomic E-state index is 11.6. The third-order valence-corrected chi connectivity index (χ3v) is 2.87. The van der Waals surface area contributed by atoms with E-state index in [9.17, 15) is 9.90 Å². The van der Waals surface area contributed by atoms with Crippen LogP contribution < -0.4 is 0 Å². The second-order valence-corrected chi connectivity index (χ2v) is 4.09. The van der Waals surface area contributed by atoms with Gasteiger partial charge in [-0.15, -0.1) is 0 Å². The molecule has 1 aromatic rings. The van der Waals surface area contributed by atoms with Gasteiger partial charge in [0.25, 0.3) is 0 Å². The van der Waals surface area contributed by atoms with Crippen molar-refractivity contribution < 1.29 is 9.90 Å². The van der Waals surface area contributed by atoms with E-state index in [0.717, 1.165) is 11.1 Å². The summed E-state index contributed by atoms with van der Waals surface area (Å²) in [4.78, 5) is 11.6. The lowest BCUT2D eigenvalue weighted by Crippen LogP contribution is -2.18. The highest BCUT2D eigenvalue weighted by Crippen LogP contribution is 2.29. The minimum absolute atomic E-state index is 0.00514. The average molecular weight is 202 g/mol. The first-order valence-corrected chi connectivity index (χ1v) is 5.07. The van der Waals surface area contributed by atoms with E-state index in [1.165, 1.54) is 11.6 Å².